The first-order valence-corrected chi connectivity index (χ1v) is 5.91. The Kier molecular flexibility index (Phi) is 2.99. The fraction of sp³-hybridized carbons (Fsp3) is 0.267. The van der Waals surface area contributed by atoms with Crippen molar-refractivity contribution in [1.82, 2.24) is 4.98 Å². The second kappa shape index (κ2) is 4.33. The van der Waals surface area contributed by atoms with Crippen LogP contribution in [0.25, 0.3) is 11.1 Å². The van der Waals surface area contributed by atoms with Crippen LogP contribution in [0.1, 0.15) is 36.8 Å². The first kappa shape index (κ1) is 12.4. The van der Waals surface area contributed by atoms with Gasteiger partial charge in [0.05, 0.1) is 0 Å². The molecule has 0 saturated heterocycles. The molecule has 0 saturated carbocycles. The van der Waals surface area contributed by atoms with Gasteiger partial charge in [0, 0.05) is 11.8 Å². The number of H-pyrrole nitrogens is 1. The zero-order valence-corrected chi connectivity index (χ0v) is 10.8. The molecule has 2 aromatic rings. The Morgan fingerprint density at radius 1 is 1.11 bits per heavy atom. The molecule has 0 unspecified atom stereocenters. The maximum atomic E-state index is 11.1. The highest BCUT2D eigenvalue weighted by Crippen LogP contribution is 2.27. The van der Waals surface area contributed by atoms with E-state index in [-0.39, 0.29) is 11.1 Å². The molecule has 94 valence electrons. The Morgan fingerprint density at radius 2 is 1.72 bits per heavy atom. The number of carbonyl (C=O) groups is 1. The zero-order valence-electron chi connectivity index (χ0n) is 10.8. The van der Waals surface area contributed by atoms with Crippen molar-refractivity contribution >= 4 is 5.97 Å². The molecule has 0 radical (unpaired) electrons. The van der Waals surface area contributed by atoms with Crippen molar-refractivity contribution in [2.75, 3.05) is 0 Å². The summed E-state index contributed by atoms with van der Waals surface area (Å²) in [6, 6.07) is 9.82. The summed E-state index contributed by atoms with van der Waals surface area (Å²) in [4.78, 5) is 13.8. The van der Waals surface area contributed by atoms with Crippen molar-refractivity contribution in [3.63, 3.8) is 0 Å². The molecule has 2 N–H and O–H groups in total. The SMILES string of the molecule is CC(C)(C)c1ccc(-c2cc[nH]c2C(=O)O)cc1. The van der Waals surface area contributed by atoms with Gasteiger partial charge in [0.15, 0.2) is 0 Å². The monoisotopic (exact) mass is 243 g/mol. The molecule has 0 atom stereocenters. The van der Waals surface area contributed by atoms with Gasteiger partial charge in [0.25, 0.3) is 0 Å². The van der Waals surface area contributed by atoms with Gasteiger partial charge in [-0.25, -0.2) is 4.79 Å². The summed E-state index contributed by atoms with van der Waals surface area (Å²) in [5.41, 5.74) is 3.22. The predicted octanol–water partition coefficient (Wildman–Crippen LogP) is 3.68. The van der Waals surface area contributed by atoms with E-state index in [2.05, 4.69) is 25.8 Å². The molecular formula is C15H17NO2. The van der Waals surface area contributed by atoms with E-state index in [4.69, 9.17) is 5.11 Å². The lowest BCUT2D eigenvalue weighted by Crippen LogP contribution is -2.10. The number of hydrogen-bond donors (Lipinski definition) is 2. The predicted molar refractivity (Wildman–Crippen MR) is 71.9 cm³/mol. The van der Waals surface area contributed by atoms with Crippen LogP contribution in [-0.2, 0) is 5.41 Å². The molecule has 0 bridgehead atoms. The molecule has 18 heavy (non-hydrogen) atoms. The Balaban J connectivity index is 2.41. The number of carboxylic acid groups (broad SMARTS) is 1. The Labute approximate surface area is 106 Å². The summed E-state index contributed by atoms with van der Waals surface area (Å²) < 4.78 is 0. The fourth-order valence-electron chi connectivity index (χ4n) is 1.94. The third-order valence-corrected chi connectivity index (χ3v) is 3.02. The van der Waals surface area contributed by atoms with Crippen molar-refractivity contribution in [2.45, 2.75) is 26.2 Å². The number of nitrogens with one attached hydrogen (secondary N) is 1. The van der Waals surface area contributed by atoms with Crippen LogP contribution in [0.15, 0.2) is 36.5 Å². The van der Waals surface area contributed by atoms with Gasteiger partial charge < -0.3 is 10.1 Å². The first-order valence-electron chi connectivity index (χ1n) is 5.91. The topological polar surface area (TPSA) is 53.1 Å². The smallest absolute Gasteiger partial charge is 0.352 e. The molecule has 0 fully saturated rings. The Morgan fingerprint density at radius 3 is 2.22 bits per heavy atom. The Bertz CT molecular complexity index is 559. The molecule has 2 rings (SSSR count). The van der Waals surface area contributed by atoms with Gasteiger partial charge in [0.2, 0.25) is 0 Å². The lowest BCUT2D eigenvalue weighted by molar-refractivity contribution is 0.0692. The van der Waals surface area contributed by atoms with Crippen LogP contribution in [-0.4, -0.2) is 16.1 Å². The van der Waals surface area contributed by atoms with Crippen LogP contribution in [0.2, 0.25) is 0 Å². The van der Waals surface area contributed by atoms with Crippen LogP contribution in [0, 0.1) is 0 Å². The van der Waals surface area contributed by atoms with E-state index in [1.54, 1.807) is 12.3 Å². The molecule has 0 aliphatic rings. The minimum atomic E-state index is -0.935. The average Bonchev–Trinajstić information content (AvgIpc) is 2.77. The van der Waals surface area contributed by atoms with Crippen LogP contribution >= 0.6 is 0 Å². The lowest BCUT2D eigenvalue weighted by atomic mass is 9.86. The second-order valence-electron chi connectivity index (χ2n) is 5.40. The summed E-state index contributed by atoms with van der Waals surface area (Å²) in [5.74, 6) is -0.935. The number of aromatic nitrogens is 1. The van der Waals surface area contributed by atoms with Crippen molar-refractivity contribution in [1.29, 1.82) is 0 Å². The molecule has 1 aromatic carbocycles. The summed E-state index contributed by atoms with van der Waals surface area (Å²) in [7, 11) is 0. The largest absolute Gasteiger partial charge is 0.477 e. The van der Waals surface area contributed by atoms with Crippen molar-refractivity contribution in [3.05, 3.63) is 47.8 Å². The van der Waals surface area contributed by atoms with Gasteiger partial charge in [-0.15, -0.1) is 0 Å². The number of rotatable bonds is 2. The van der Waals surface area contributed by atoms with Crippen LogP contribution in [0.5, 0.6) is 0 Å². The number of hydrogen-bond acceptors (Lipinski definition) is 1. The molecule has 0 amide bonds. The third kappa shape index (κ3) is 2.30. The number of aromatic carboxylic acids is 1. The lowest BCUT2D eigenvalue weighted by Gasteiger charge is -2.19. The first-order chi connectivity index (χ1) is 8.39. The zero-order chi connectivity index (χ0) is 13.3. The van der Waals surface area contributed by atoms with Crippen LogP contribution in [0.4, 0.5) is 0 Å². The van der Waals surface area contributed by atoms with Gasteiger partial charge >= 0.3 is 5.97 Å². The molecule has 0 aliphatic carbocycles. The molecular weight excluding hydrogens is 226 g/mol. The third-order valence-electron chi connectivity index (χ3n) is 3.02. The van der Waals surface area contributed by atoms with Gasteiger partial charge in [-0.2, -0.15) is 0 Å². The van der Waals surface area contributed by atoms with E-state index in [9.17, 15) is 4.79 Å². The number of benzene rings is 1. The Hall–Kier alpha value is -2.03. The molecule has 3 heteroatoms. The number of carboxylic acids is 1. The fourth-order valence-corrected chi connectivity index (χ4v) is 1.94. The molecule has 0 spiro atoms. The maximum absolute atomic E-state index is 11.1. The maximum Gasteiger partial charge on any atom is 0.352 e. The van der Waals surface area contributed by atoms with E-state index in [0.29, 0.717) is 0 Å². The second-order valence-corrected chi connectivity index (χ2v) is 5.40. The van der Waals surface area contributed by atoms with Gasteiger partial charge in [-0.05, 0) is 22.6 Å². The summed E-state index contributed by atoms with van der Waals surface area (Å²) >= 11 is 0. The molecule has 0 aliphatic heterocycles. The van der Waals surface area contributed by atoms with Crippen LogP contribution in [0.3, 0.4) is 0 Å². The van der Waals surface area contributed by atoms with Gasteiger partial charge in [0.1, 0.15) is 5.69 Å². The minimum Gasteiger partial charge on any atom is -0.477 e. The average molecular weight is 243 g/mol. The highest BCUT2D eigenvalue weighted by atomic mass is 16.4. The highest BCUT2D eigenvalue weighted by molar-refractivity contribution is 5.94. The standard InChI is InChI=1S/C15H17NO2/c1-15(2,3)11-6-4-10(5-7-11)12-8-9-16-13(12)14(17)18/h4-9,16H,1-3H3,(H,17,18). The van der Waals surface area contributed by atoms with Crippen LogP contribution < -0.4 is 0 Å². The van der Waals surface area contributed by atoms with E-state index in [0.717, 1.165) is 11.1 Å². The summed E-state index contributed by atoms with van der Waals surface area (Å²) in [6.45, 7) is 6.46. The quantitative estimate of drug-likeness (QED) is 0.845. The van der Waals surface area contributed by atoms with Crippen molar-refractivity contribution in [2.24, 2.45) is 0 Å². The van der Waals surface area contributed by atoms with Gasteiger partial charge in [-0.1, -0.05) is 45.0 Å². The molecule has 1 heterocycles. The van der Waals surface area contributed by atoms with E-state index >= 15 is 0 Å². The minimum absolute atomic E-state index is 0.103. The van der Waals surface area contributed by atoms with Crippen molar-refractivity contribution < 1.29 is 9.90 Å². The number of aromatic amines is 1. The molecule has 1 aromatic heterocycles. The van der Waals surface area contributed by atoms with E-state index < -0.39 is 5.97 Å². The highest BCUT2D eigenvalue weighted by Gasteiger charge is 2.15. The van der Waals surface area contributed by atoms with Crippen molar-refractivity contribution in [3.8, 4) is 11.1 Å². The molecule has 3 nitrogen and oxygen atoms in total. The summed E-state index contributed by atoms with van der Waals surface area (Å²) in [6.07, 6.45) is 1.65. The van der Waals surface area contributed by atoms with E-state index in [1.807, 2.05) is 24.3 Å². The normalized spacial score (nSPS) is 11.5. The van der Waals surface area contributed by atoms with E-state index in [1.165, 1.54) is 5.56 Å². The summed E-state index contributed by atoms with van der Waals surface area (Å²) in [5, 5.41) is 9.07. The van der Waals surface area contributed by atoms with Gasteiger partial charge in [-0.3, -0.25) is 0 Å².